The summed E-state index contributed by atoms with van der Waals surface area (Å²) in [6.45, 7) is 3.57. The first-order chi connectivity index (χ1) is 9.99. The van der Waals surface area contributed by atoms with E-state index in [0.717, 1.165) is 12.8 Å². The molecule has 1 aromatic heterocycles. The Labute approximate surface area is 122 Å². The standard InChI is InChI=1S/C14H23N3O4/c1-2-3-14(9-18)4-5-17(8-11(14)19)7-10-6-12(20)16-13(21)15-10/h6,11,18-19H,2-5,7-9H2,1H3,(H2,15,16,20,21)/t11-,14+/m0/s1. The number of likely N-dealkylation sites (tertiary alicyclic amines) is 1. The maximum absolute atomic E-state index is 11.3. The van der Waals surface area contributed by atoms with Gasteiger partial charge >= 0.3 is 5.69 Å². The molecular weight excluding hydrogens is 274 g/mol. The fraction of sp³-hybridized carbons (Fsp3) is 0.714. The van der Waals surface area contributed by atoms with Crippen molar-refractivity contribution in [3.63, 3.8) is 0 Å². The molecule has 0 saturated carbocycles. The van der Waals surface area contributed by atoms with Crippen molar-refractivity contribution >= 4 is 0 Å². The summed E-state index contributed by atoms with van der Waals surface area (Å²) in [6, 6.07) is 1.35. The monoisotopic (exact) mass is 297 g/mol. The van der Waals surface area contributed by atoms with Gasteiger partial charge < -0.3 is 15.2 Å². The summed E-state index contributed by atoms with van der Waals surface area (Å²) in [4.78, 5) is 29.2. The average molecular weight is 297 g/mol. The molecule has 7 heteroatoms. The van der Waals surface area contributed by atoms with Crippen LogP contribution in [0.1, 0.15) is 31.9 Å². The second-order valence-electron chi connectivity index (χ2n) is 5.88. The Hall–Kier alpha value is -1.44. The van der Waals surface area contributed by atoms with E-state index in [4.69, 9.17) is 0 Å². The first-order valence-corrected chi connectivity index (χ1v) is 7.33. The minimum absolute atomic E-state index is 0.0162. The number of hydrogen-bond donors (Lipinski definition) is 4. The molecule has 0 aliphatic carbocycles. The SMILES string of the molecule is CCC[C@]1(CO)CCN(Cc2cc(=O)[nH]c(=O)[nH]2)C[C@@H]1O. The van der Waals surface area contributed by atoms with Gasteiger partial charge in [-0.1, -0.05) is 13.3 Å². The average Bonchev–Trinajstić information content (AvgIpc) is 2.41. The second-order valence-corrected chi connectivity index (χ2v) is 5.88. The van der Waals surface area contributed by atoms with Gasteiger partial charge in [0.15, 0.2) is 0 Å². The lowest BCUT2D eigenvalue weighted by molar-refractivity contribution is -0.0804. The highest BCUT2D eigenvalue weighted by molar-refractivity contribution is 5.00. The lowest BCUT2D eigenvalue weighted by Crippen LogP contribution is -2.52. The van der Waals surface area contributed by atoms with E-state index in [0.29, 0.717) is 31.7 Å². The van der Waals surface area contributed by atoms with E-state index in [-0.39, 0.29) is 6.61 Å². The third-order valence-electron chi connectivity index (χ3n) is 4.34. The number of nitrogens with zero attached hydrogens (tertiary/aromatic N) is 1. The van der Waals surface area contributed by atoms with Crippen LogP contribution in [0.15, 0.2) is 15.7 Å². The summed E-state index contributed by atoms with van der Waals surface area (Å²) < 4.78 is 0. The van der Waals surface area contributed by atoms with E-state index >= 15 is 0 Å². The zero-order valence-corrected chi connectivity index (χ0v) is 12.3. The predicted molar refractivity (Wildman–Crippen MR) is 78.0 cm³/mol. The molecule has 1 aromatic rings. The molecule has 0 aromatic carbocycles. The Morgan fingerprint density at radius 3 is 2.76 bits per heavy atom. The molecule has 0 radical (unpaired) electrons. The van der Waals surface area contributed by atoms with Gasteiger partial charge in [0, 0.05) is 30.3 Å². The summed E-state index contributed by atoms with van der Waals surface area (Å²) in [5.74, 6) is 0. The summed E-state index contributed by atoms with van der Waals surface area (Å²) in [7, 11) is 0. The van der Waals surface area contributed by atoms with Crippen LogP contribution in [-0.4, -0.2) is 50.9 Å². The minimum Gasteiger partial charge on any atom is -0.396 e. The van der Waals surface area contributed by atoms with E-state index < -0.39 is 22.8 Å². The van der Waals surface area contributed by atoms with Crippen LogP contribution in [0.4, 0.5) is 0 Å². The molecule has 7 nitrogen and oxygen atoms in total. The van der Waals surface area contributed by atoms with Crippen LogP contribution in [0, 0.1) is 5.41 Å². The Kier molecular flexibility index (Phi) is 4.97. The molecule has 0 unspecified atom stereocenters. The van der Waals surface area contributed by atoms with E-state index in [9.17, 15) is 19.8 Å². The second kappa shape index (κ2) is 6.55. The topological polar surface area (TPSA) is 109 Å². The number of aliphatic hydroxyl groups is 2. The zero-order valence-electron chi connectivity index (χ0n) is 12.3. The molecule has 2 atom stereocenters. The van der Waals surface area contributed by atoms with E-state index in [1.165, 1.54) is 6.07 Å². The number of aromatic nitrogens is 2. The normalized spacial score (nSPS) is 26.9. The highest BCUT2D eigenvalue weighted by atomic mass is 16.3. The number of hydrogen-bond acceptors (Lipinski definition) is 5. The molecule has 1 aliphatic rings. The molecule has 21 heavy (non-hydrogen) atoms. The zero-order chi connectivity index (χ0) is 15.5. The van der Waals surface area contributed by atoms with Crippen LogP contribution in [0.25, 0.3) is 0 Å². The molecule has 1 fully saturated rings. The van der Waals surface area contributed by atoms with E-state index in [1.54, 1.807) is 0 Å². The molecule has 0 amide bonds. The van der Waals surface area contributed by atoms with Gasteiger partial charge in [-0.2, -0.15) is 0 Å². The number of nitrogens with one attached hydrogen (secondary N) is 2. The Morgan fingerprint density at radius 1 is 1.43 bits per heavy atom. The smallest absolute Gasteiger partial charge is 0.325 e. The van der Waals surface area contributed by atoms with Crippen LogP contribution in [0.3, 0.4) is 0 Å². The highest BCUT2D eigenvalue weighted by Gasteiger charge is 2.40. The van der Waals surface area contributed by atoms with Crippen molar-refractivity contribution < 1.29 is 10.2 Å². The molecule has 4 N–H and O–H groups in total. The van der Waals surface area contributed by atoms with Gasteiger partial charge in [0.05, 0.1) is 12.7 Å². The Balaban J connectivity index is 2.05. The maximum Gasteiger partial charge on any atom is 0.325 e. The van der Waals surface area contributed by atoms with Gasteiger partial charge in [-0.15, -0.1) is 0 Å². The van der Waals surface area contributed by atoms with E-state index in [2.05, 4.69) is 9.97 Å². The van der Waals surface area contributed by atoms with Gasteiger partial charge in [-0.3, -0.25) is 14.7 Å². The number of aliphatic hydroxyl groups excluding tert-OH is 2. The molecule has 0 spiro atoms. The Morgan fingerprint density at radius 2 is 2.19 bits per heavy atom. The molecule has 118 valence electrons. The van der Waals surface area contributed by atoms with Crippen molar-refractivity contribution in [3.8, 4) is 0 Å². The number of piperidine rings is 1. The lowest BCUT2D eigenvalue weighted by Gasteiger charge is -2.44. The quantitative estimate of drug-likeness (QED) is 0.581. The summed E-state index contributed by atoms with van der Waals surface area (Å²) >= 11 is 0. The van der Waals surface area contributed by atoms with Crippen molar-refractivity contribution in [2.75, 3.05) is 19.7 Å². The maximum atomic E-state index is 11.3. The Bertz CT molecular complexity index is 554. The number of aromatic amines is 2. The molecular formula is C14H23N3O4. The summed E-state index contributed by atoms with van der Waals surface area (Å²) in [6.07, 6.45) is 1.80. The fourth-order valence-corrected chi connectivity index (χ4v) is 3.12. The van der Waals surface area contributed by atoms with E-state index in [1.807, 2.05) is 11.8 Å². The van der Waals surface area contributed by atoms with Gasteiger partial charge in [0.25, 0.3) is 5.56 Å². The van der Waals surface area contributed by atoms with Crippen LogP contribution in [-0.2, 0) is 6.54 Å². The summed E-state index contributed by atoms with van der Waals surface area (Å²) in [5.41, 5.74) is -0.844. The first kappa shape index (κ1) is 15.9. The molecule has 1 saturated heterocycles. The van der Waals surface area contributed by atoms with Crippen molar-refractivity contribution in [2.24, 2.45) is 5.41 Å². The van der Waals surface area contributed by atoms with Crippen LogP contribution >= 0.6 is 0 Å². The van der Waals surface area contributed by atoms with Gasteiger partial charge in [0.1, 0.15) is 0 Å². The number of H-pyrrole nitrogens is 2. The van der Waals surface area contributed by atoms with Crippen molar-refractivity contribution in [3.05, 3.63) is 32.6 Å². The molecule has 2 rings (SSSR count). The predicted octanol–water partition coefficient (Wildman–Crippen LogP) is -0.591. The molecule has 1 aliphatic heterocycles. The summed E-state index contributed by atoms with van der Waals surface area (Å²) in [5, 5.41) is 20.0. The van der Waals surface area contributed by atoms with Crippen LogP contribution < -0.4 is 11.2 Å². The minimum atomic E-state index is -0.607. The van der Waals surface area contributed by atoms with Crippen molar-refractivity contribution in [2.45, 2.75) is 38.8 Å². The third-order valence-corrected chi connectivity index (χ3v) is 4.34. The molecule has 0 bridgehead atoms. The van der Waals surface area contributed by atoms with Gasteiger partial charge in [-0.05, 0) is 19.4 Å². The first-order valence-electron chi connectivity index (χ1n) is 7.33. The van der Waals surface area contributed by atoms with Crippen molar-refractivity contribution in [1.82, 2.24) is 14.9 Å². The third kappa shape index (κ3) is 3.61. The van der Waals surface area contributed by atoms with Crippen LogP contribution in [0.5, 0.6) is 0 Å². The highest BCUT2D eigenvalue weighted by Crippen LogP contribution is 2.36. The lowest BCUT2D eigenvalue weighted by atomic mass is 9.73. The largest absolute Gasteiger partial charge is 0.396 e. The molecule has 2 heterocycles. The number of rotatable bonds is 5. The van der Waals surface area contributed by atoms with Crippen molar-refractivity contribution in [1.29, 1.82) is 0 Å². The fourth-order valence-electron chi connectivity index (χ4n) is 3.12. The van der Waals surface area contributed by atoms with Gasteiger partial charge in [-0.25, -0.2) is 4.79 Å². The number of β-amino-alcohol motifs (C(OH)–C–C–N with tert-alkyl or cyclic N) is 1. The van der Waals surface area contributed by atoms with Crippen LogP contribution in [0.2, 0.25) is 0 Å². The van der Waals surface area contributed by atoms with Gasteiger partial charge in [0.2, 0.25) is 0 Å².